The van der Waals surface area contributed by atoms with Crippen LogP contribution in [0.3, 0.4) is 0 Å². The van der Waals surface area contributed by atoms with E-state index in [1.54, 1.807) is 36.4 Å². The van der Waals surface area contributed by atoms with Crippen molar-refractivity contribution in [1.29, 1.82) is 0 Å². The Balaban J connectivity index is 1.64. The van der Waals surface area contributed by atoms with Gasteiger partial charge in [-0.15, -0.1) is 0 Å². The first kappa shape index (κ1) is 18.5. The van der Waals surface area contributed by atoms with E-state index in [2.05, 4.69) is 15.0 Å². The molecule has 3 aromatic carbocycles. The molecule has 0 aliphatic rings. The summed E-state index contributed by atoms with van der Waals surface area (Å²) in [6.45, 7) is 0. The predicted molar refractivity (Wildman–Crippen MR) is 108 cm³/mol. The molecule has 29 heavy (non-hydrogen) atoms. The van der Waals surface area contributed by atoms with Crippen LogP contribution in [0.2, 0.25) is 0 Å². The van der Waals surface area contributed by atoms with Gasteiger partial charge in [0.1, 0.15) is 0 Å². The average molecular weight is 409 g/mol. The third-order valence-corrected chi connectivity index (χ3v) is 5.51. The zero-order valence-corrected chi connectivity index (χ0v) is 15.7. The largest absolute Gasteiger partial charge is 0.417 e. The number of amides is 1. The molecule has 0 spiro atoms. The molecular weight excluding hydrogens is 394 g/mol. The van der Waals surface area contributed by atoms with Crippen LogP contribution >= 0.6 is 0 Å². The maximum absolute atomic E-state index is 12.8. The number of nitrogens with one attached hydrogen (secondary N) is 3. The van der Waals surface area contributed by atoms with Gasteiger partial charge in [-0.3, -0.25) is 14.5 Å². The van der Waals surface area contributed by atoms with Crippen molar-refractivity contribution < 1.29 is 17.6 Å². The number of hydrogen-bond donors (Lipinski definition) is 3. The summed E-state index contributed by atoms with van der Waals surface area (Å²) >= 11 is 0. The third kappa shape index (κ3) is 3.90. The van der Waals surface area contributed by atoms with Crippen LogP contribution in [-0.2, 0) is 10.0 Å². The highest BCUT2D eigenvalue weighted by molar-refractivity contribution is 7.92. The van der Waals surface area contributed by atoms with Crippen molar-refractivity contribution in [2.75, 3.05) is 10.0 Å². The molecule has 3 N–H and O–H groups in total. The lowest BCUT2D eigenvalue weighted by Crippen LogP contribution is -2.18. The van der Waals surface area contributed by atoms with Crippen molar-refractivity contribution in [3.63, 3.8) is 0 Å². The Morgan fingerprint density at radius 2 is 1.66 bits per heavy atom. The lowest BCUT2D eigenvalue weighted by atomic mass is 10.1. The molecule has 0 unspecified atom stereocenters. The molecular formula is C20H15N3O5S. The number of anilines is 2. The van der Waals surface area contributed by atoms with Crippen molar-refractivity contribution in [2.24, 2.45) is 0 Å². The standard InChI is InChI=1S/C20H15N3O5S/c24-19(21-13-6-2-1-3-7-13)15-8-4-5-9-16(15)23-29(26,27)14-10-11-17-18(12-14)28-20(25)22-17/h1-12,23H,(H,21,24)(H,22,25). The number of H-pyrrole nitrogens is 1. The Morgan fingerprint density at radius 3 is 2.45 bits per heavy atom. The number of aromatic nitrogens is 1. The van der Waals surface area contributed by atoms with Crippen LogP contribution in [0.25, 0.3) is 11.1 Å². The van der Waals surface area contributed by atoms with Gasteiger partial charge in [-0.05, 0) is 36.4 Å². The van der Waals surface area contributed by atoms with Crippen molar-refractivity contribution in [3.8, 4) is 0 Å². The average Bonchev–Trinajstić information content (AvgIpc) is 3.08. The quantitative estimate of drug-likeness (QED) is 0.467. The normalized spacial score (nSPS) is 11.3. The summed E-state index contributed by atoms with van der Waals surface area (Å²) in [4.78, 5) is 26.3. The molecule has 0 aliphatic heterocycles. The SMILES string of the molecule is O=C(Nc1ccccc1)c1ccccc1NS(=O)(=O)c1ccc2[nH]c(=O)oc2c1. The van der Waals surface area contributed by atoms with Gasteiger partial charge in [0, 0.05) is 11.8 Å². The second-order valence-electron chi connectivity index (χ2n) is 6.14. The Bertz CT molecular complexity index is 1360. The topological polar surface area (TPSA) is 121 Å². The van der Waals surface area contributed by atoms with Crippen LogP contribution in [0.1, 0.15) is 10.4 Å². The van der Waals surface area contributed by atoms with E-state index >= 15 is 0 Å². The number of oxazole rings is 1. The first-order chi connectivity index (χ1) is 13.9. The monoisotopic (exact) mass is 409 g/mol. The van der Waals surface area contributed by atoms with Crippen molar-refractivity contribution in [3.05, 3.63) is 88.9 Å². The highest BCUT2D eigenvalue weighted by atomic mass is 32.2. The fraction of sp³-hybridized carbons (Fsp3) is 0. The van der Waals surface area contributed by atoms with E-state index in [0.717, 1.165) is 0 Å². The Morgan fingerprint density at radius 1 is 0.931 bits per heavy atom. The zero-order chi connectivity index (χ0) is 20.4. The van der Waals surface area contributed by atoms with Gasteiger partial charge in [0.05, 0.1) is 21.7 Å². The second-order valence-corrected chi connectivity index (χ2v) is 7.83. The molecule has 8 nitrogen and oxygen atoms in total. The molecule has 0 aliphatic carbocycles. The second kappa shape index (κ2) is 7.28. The molecule has 0 fully saturated rings. The Hall–Kier alpha value is -3.85. The minimum absolute atomic E-state index is 0.106. The molecule has 1 aromatic heterocycles. The van der Waals surface area contributed by atoms with Gasteiger partial charge in [0.2, 0.25) is 0 Å². The molecule has 1 heterocycles. The predicted octanol–water partition coefficient (Wildman–Crippen LogP) is 3.17. The van der Waals surface area contributed by atoms with Gasteiger partial charge in [-0.1, -0.05) is 30.3 Å². The summed E-state index contributed by atoms with van der Waals surface area (Å²) in [6, 6.07) is 19.1. The van der Waals surface area contributed by atoms with Crippen molar-refractivity contribution in [1.82, 2.24) is 4.98 Å². The van der Waals surface area contributed by atoms with Gasteiger partial charge in [-0.25, -0.2) is 13.2 Å². The third-order valence-electron chi connectivity index (χ3n) is 4.15. The summed E-state index contributed by atoms with van der Waals surface area (Å²) in [5, 5.41) is 2.72. The zero-order valence-electron chi connectivity index (χ0n) is 14.9. The number of sulfonamides is 1. The van der Waals surface area contributed by atoms with Crippen molar-refractivity contribution >= 4 is 38.4 Å². The number of fused-ring (bicyclic) bond motifs is 1. The van der Waals surface area contributed by atoms with Crippen LogP contribution in [0, 0.1) is 0 Å². The van der Waals surface area contributed by atoms with E-state index in [-0.39, 0.29) is 21.7 Å². The highest BCUT2D eigenvalue weighted by Crippen LogP contribution is 2.23. The molecule has 4 aromatic rings. The number of carbonyl (C=O) groups is 1. The summed E-state index contributed by atoms with van der Waals surface area (Å²) in [7, 11) is -4.03. The van der Waals surface area contributed by atoms with Crippen LogP contribution in [-0.4, -0.2) is 19.3 Å². The number of hydrogen-bond acceptors (Lipinski definition) is 5. The lowest BCUT2D eigenvalue weighted by Gasteiger charge is -2.13. The smallest absolute Gasteiger partial charge is 0.408 e. The van der Waals surface area contributed by atoms with E-state index in [1.165, 1.54) is 30.3 Å². The number of aromatic amines is 1. The van der Waals surface area contributed by atoms with Crippen LogP contribution in [0.5, 0.6) is 0 Å². The maximum atomic E-state index is 12.8. The summed E-state index contributed by atoms with van der Waals surface area (Å²) < 4.78 is 33.0. The molecule has 0 saturated carbocycles. The Labute approximate surface area is 165 Å². The van der Waals surface area contributed by atoms with Gasteiger partial charge in [0.25, 0.3) is 15.9 Å². The van der Waals surface area contributed by atoms with Crippen molar-refractivity contribution in [2.45, 2.75) is 4.90 Å². The lowest BCUT2D eigenvalue weighted by molar-refractivity contribution is 0.102. The number of carbonyl (C=O) groups excluding carboxylic acids is 1. The first-order valence-electron chi connectivity index (χ1n) is 8.53. The molecule has 0 bridgehead atoms. The summed E-state index contributed by atoms with van der Waals surface area (Å²) in [5.41, 5.74) is 1.37. The minimum Gasteiger partial charge on any atom is -0.408 e. The van der Waals surface area contributed by atoms with Gasteiger partial charge < -0.3 is 9.73 Å². The van der Waals surface area contributed by atoms with E-state index < -0.39 is 21.7 Å². The number of benzene rings is 3. The Kier molecular flexibility index (Phi) is 4.65. The van der Waals surface area contributed by atoms with Gasteiger partial charge >= 0.3 is 5.76 Å². The maximum Gasteiger partial charge on any atom is 0.417 e. The molecule has 0 saturated heterocycles. The highest BCUT2D eigenvalue weighted by Gasteiger charge is 2.20. The summed E-state index contributed by atoms with van der Waals surface area (Å²) in [5.74, 6) is -1.13. The van der Waals surface area contributed by atoms with Crippen LogP contribution in [0.4, 0.5) is 11.4 Å². The van der Waals surface area contributed by atoms with E-state index in [4.69, 9.17) is 4.42 Å². The van der Waals surface area contributed by atoms with E-state index in [1.807, 2.05) is 6.07 Å². The fourth-order valence-corrected chi connectivity index (χ4v) is 3.88. The van der Waals surface area contributed by atoms with Gasteiger partial charge in [-0.2, -0.15) is 0 Å². The minimum atomic E-state index is -4.03. The molecule has 1 amide bonds. The molecule has 0 radical (unpaired) electrons. The first-order valence-corrected chi connectivity index (χ1v) is 10.0. The van der Waals surface area contributed by atoms with Gasteiger partial charge in [0.15, 0.2) is 5.58 Å². The van der Waals surface area contributed by atoms with E-state index in [0.29, 0.717) is 11.2 Å². The van der Waals surface area contributed by atoms with Crippen LogP contribution in [0.15, 0.2) is 86.9 Å². The van der Waals surface area contributed by atoms with E-state index in [9.17, 15) is 18.0 Å². The molecule has 146 valence electrons. The molecule has 9 heteroatoms. The molecule has 4 rings (SSSR count). The fourth-order valence-electron chi connectivity index (χ4n) is 2.79. The molecule has 0 atom stereocenters. The summed E-state index contributed by atoms with van der Waals surface area (Å²) in [6.07, 6.45) is 0. The number of rotatable bonds is 5. The van der Waals surface area contributed by atoms with Crippen LogP contribution < -0.4 is 15.8 Å². The number of para-hydroxylation sites is 2.